The maximum Gasteiger partial charge on any atom is 0.320 e. The van der Waals surface area contributed by atoms with Gasteiger partial charge in [-0.2, -0.15) is 10.2 Å². The number of carbonyl (C=O) groups excluding carboxylic acids is 1. The molecule has 0 radical (unpaired) electrons. The Morgan fingerprint density at radius 2 is 1.84 bits per heavy atom. The zero-order valence-electron chi connectivity index (χ0n) is 17.8. The van der Waals surface area contributed by atoms with E-state index in [-0.39, 0.29) is 23.5 Å². The molecule has 0 spiro atoms. The molecule has 4 bridgehead atoms. The Hall–Kier alpha value is -2.42. The lowest BCUT2D eigenvalue weighted by molar-refractivity contribution is -0.385. The minimum atomic E-state index is -0.496. The Balaban J connectivity index is 1.44. The molecule has 0 N–H and O–H groups in total. The first-order valence-corrected chi connectivity index (χ1v) is 11.4. The van der Waals surface area contributed by atoms with E-state index in [0.717, 1.165) is 19.3 Å². The summed E-state index contributed by atoms with van der Waals surface area (Å²) in [5, 5.41) is 21.2. The lowest BCUT2D eigenvalue weighted by Crippen LogP contribution is -2.52. The average molecular weight is 447 g/mol. The fourth-order valence-corrected chi connectivity index (χ4v) is 6.63. The third kappa shape index (κ3) is 3.43. The fourth-order valence-electron chi connectivity index (χ4n) is 6.42. The summed E-state index contributed by atoms with van der Waals surface area (Å²) in [4.78, 5) is 25.9. The third-order valence-electron chi connectivity index (χ3n) is 7.43. The zero-order valence-corrected chi connectivity index (χ0v) is 18.6. The van der Waals surface area contributed by atoms with Gasteiger partial charge in [0.05, 0.1) is 22.0 Å². The number of nitro groups is 1. The molecule has 4 fully saturated rings. The predicted molar refractivity (Wildman–Crippen MR) is 114 cm³/mol. The number of hydrogen-bond acceptors (Lipinski definition) is 5. The molecule has 0 saturated heterocycles. The number of aromatic nitrogens is 4. The number of rotatable bonds is 6. The van der Waals surface area contributed by atoms with Crippen LogP contribution in [0.1, 0.15) is 61.6 Å². The van der Waals surface area contributed by atoms with Gasteiger partial charge in [-0.3, -0.25) is 24.3 Å². The molecule has 0 aromatic carbocycles. The van der Waals surface area contributed by atoms with E-state index in [4.69, 9.17) is 11.6 Å². The van der Waals surface area contributed by atoms with Gasteiger partial charge in [-0.05, 0) is 63.2 Å². The Morgan fingerprint density at radius 1 is 1.23 bits per heavy atom. The summed E-state index contributed by atoms with van der Waals surface area (Å²) < 4.78 is 3.47. The van der Waals surface area contributed by atoms with Gasteiger partial charge in [0, 0.05) is 19.8 Å². The lowest BCUT2D eigenvalue weighted by Gasteiger charge is -2.56. The number of carbonyl (C=O) groups is 1. The molecule has 9 nitrogen and oxygen atoms in total. The Morgan fingerprint density at radius 3 is 2.35 bits per heavy atom. The minimum Gasteiger partial charge on any atom is -0.334 e. The van der Waals surface area contributed by atoms with E-state index in [9.17, 15) is 14.9 Å². The molecule has 166 valence electrons. The smallest absolute Gasteiger partial charge is 0.320 e. The van der Waals surface area contributed by atoms with Gasteiger partial charge >= 0.3 is 5.69 Å². The zero-order chi connectivity index (χ0) is 21.9. The van der Waals surface area contributed by atoms with Crippen molar-refractivity contribution in [3.63, 3.8) is 0 Å². The number of aryl methyl sites for hydroxylation is 1. The van der Waals surface area contributed by atoms with Gasteiger partial charge < -0.3 is 4.90 Å². The quantitative estimate of drug-likeness (QED) is 0.495. The van der Waals surface area contributed by atoms with E-state index in [1.807, 2.05) is 6.92 Å². The normalized spacial score (nSPS) is 28.8. The summed E-state index contributed by atoms with van der Waals surface area (Å²) in [5.74, 6) is 1.53. The van der Waals surface area contributed by atoms with Crippen molar-refractivity contribution < 1.29 is 9.72 Å². The predicted octanol–water partition coefficient (Wildman–Crippen LogP) is 3.86. The van der Waals surface area contributed by atoms with Crippen LogP contribution in [0.3, 0.4) is 0 Å². The summed E-state index contributed by atoms with van der Waals surface area (Å²) in [5.41, 5.74) is 0.0504. The highest BCUT2D eigenvalue weighted by Crippen LogP contribution is 2.58. The Labute approximate surface area is 185 Å². The second-order valence-electron chi connectivity index (χ2n) is 9.65. The van der Waals surface area contributed by atoms with Crippen molar-refractivity contribution in [2.45, 2.75) is 64.1 Å². The van der Waals surface area contributed by atoms with Crippen LogP contribution in [-0.2, 0) is 18.6 Å². The molecule has 31 heavy (non-hydrogen) atoms. The summed E-state index contributed by atoms with van der Waals surface area (Å²) in [6.45, 7) is 2.77. The first-order valence-electron chi connectivity index (χ1n) is 11.0. The highest BCUT2D eigenvalue weighted by Gasteiger charge is 2.53. The maximum atomic E-state index is 13.2. The van der Waals surface area contributed by atoms with E-state index in [2.05, 4.69) is 10.2 Å². The Kier molecular flexibility index (Phi) is 4.84. The van der Waals surface area contributed by atoms with Crippen LogP contribution in [0, 0.1) is 27.9 Å². The molecule has 2 aromatic rings. The highest BCUT2D eigenvalue weighted by molar-refractivity contribution is 6.31. The molecule has 0 unspecified atom stereocenters. The molecule has 4 saturated carbocycles. The molecule has 4 aliphatic carbocycles. The molecular weight excluding hydrogens is 420 g/mol. The standard InChI is InChI=1S/C21H27ClN6O3/c1-3-26-10-16(22)17(23-26)11-25(2)20(29)19-18(28(30)31)12-27(24-19)21-7-13-4-14(8-21)6-15(5-13)9-21/h10,12-15H,3-9,11H2,1-2H3. The monoisotopic (exact) mass is 446 g/mol. The second-order valence-corrected chi connectivity index (χ2v) is 10.1. The molecule has 0 atom stereocenters. The molecule has 10 heteroatoms. The second kappa shape index (κ2) is 7.32. The topological polar surface area (TPSA) is 99.1 Å². The highest BCUT2D eigenvalue weighted by atomic mass is 35.5. The molecule has 4 aliphatic rings. The maximum absolute atomic E-state index is 13.2. The van der Waals surface area contributed by atoms with Gasteiger partial charge in [0.2, 0.25) is 5.69 Å². The van der Waals surface area contributed by atoms with E-state index in [1.165, 1.54) is 30.4 Å². The summed E-state index contributed by atoms with van der Waals surface area (Å²) >= 11 is 6.23. The minimum absolute atomic E-state index is 0.103. The largest absolute Gasteiger partial charge is 0.334 e. The van der Waals surface area contributed by atoms with E-state index in [1.54, 1.807) is 22.6 Å². The number of hydrogen-bond donors (Lipinski definition) is 0. The van der Waals surface area contributed by atoms with Gasteiger partial charge in [0.15, 0.2) is 0 Å². The first kappa shape index (κ1) is 20.5. The van der Waals surface area contributed by atoms with Crippen molar-refractivity contribution in [1.82, 2.24) is 24.5 Å². The Bertz CT molecular complexity index is 1010. The van der Waals surface area contributed by atoms with Crippen LogP contribution in [0.5, 0.6) is 0 Å². The summed E-state index contributed by atoms with van der Waals surface area (Å²) in [6.07, 6.45) is 10.0. The van der Waals surface area contributed by atoms with E-state index >= 15 is 0 Å². The molecule has 2 aromatic heterocycles. The van der Waals surface area contributed by atoms with Crippen LogP contribution in [0.2, 0.25) is 5.02 Å². The van der Waals surface area contributed by atoms with Gasteiger partial charge in [-0.1, -0.05) is 11.6 Å². The number of halogens is 1. The van der Waals surface area contributed by atoms with Gasteiger partial charge in [0.1, 0.15) is 11.9 Å². The fraction of sp³-hybridized carbons (Fsp3) is 0.667. The van der Waals surface area contributed by atoms with Crippen LogP contribution < -0.4 is 0 Å². The molecule has 6 rings (SSSR count). The van der Waals surface area contributed by atoms with Crippen molar-refractivity contribution in [2.24, 2.45) is 17.8 Å². The van der Waals surface area contributed by atoms with Crippen LogP contribution in [0.15, 0.2) is 12.4 Å². The van der Waals surface area contributed by atoms with Crippen LogP contribution >= 0.6 is 11.6 Å². The van der Waals surface area contributed by atoms with Crippen LogP contribution in [0.4, 0.5) is 5.69 Å². The SMILES string of the molecule is CCn1cc(Cl)c(CN(C)C(=O)c2nn(C34CC5CC(CC(C5)C3)C4)cc2[N+](=O)[O-])n1. The van der Waals surface area contributed by atoms with Gasteiger partial charge in [0.25, 0.3) is 5.91 Å². The van der Waals surface area contributed by atoms with Crippen molar-refractivity contribution in [3.05, 3.63) is 38.9 Å². The molecule has 1 amide bonds. The number of amides is 1. The van der Waals surface area contributed by atoms with Crippen molar-refractivity contribution in [3.8, 4) is 0 Å². The molecular formula is C21H27ClN6O3. The summed E-state index contributed by atoms with van der Waals surface area (Å²) in [7, 11) is 1.59. The summed E-state index contributed by atoms with van der Waals surface area (Å²) in [6, 6.07) is 0. The van der Waals surface area contributed by atoms with Crippen molar-refractivity contribution >= 4 is 23.2 Å². The third-order valence-corrected chi connectivity index (χ3v) is 7.75. The van der Waals surface area contributed by atoms with Gasteiger partial charge in [-0.15, -0.1) is 0 Å². The first-order chi connectivity index (χ1) is 14.8. The van der Waals surface area contributed by atoms with Crippen LogP contribution in [0.25, 0.3) is 0 Å². The van der Waals surface area contributed by atoms with E-state index in [0.29, 0.717) is 35.0 Å². The lowest BCUT2D eigenvalue weighted by atomic mass is 9.53. The van der Waals surface area contributed by atoms with E-state index < -0.39 is 10.8 Å². The molecule has 2 heterocycles. The van der Waals surface area contributed by atoms with Crippen molar-refractivity contribution in [2.75, 3.05) is 7.05 Å². The van der Waals surface area contributed by atoms with Crippen molar-refractivity contribution in [1.29, 1.82) is 0 Å². The number of nitrogens with zero attached hydrogens (tertiary/aromatic N) is 6. The van der Waals surface area contributed by atoms with Crippen LogP contribution in [-0.4, -0.2) is 42.3 Å². The molecule has 0 aliphatic heterocycles. The average Bonchev–Trinajstić information content (AvgIpc) is 3.31. The van der Waals surface area contributed by atoms with Gasteiger partial charge in [-0.25, -0.2) is 0 Å².